The Balaban J connectivity index is 1.90. The number of nitrogens with one attached hydrogen (secondary N) is 1. The highest BCUT2D eigenvalue weighted by Gasteiger charge is 2.20. The van der Waals surface area contributed by atoms with Crippen molar-refractivity contribution in [1.82, 2.24) is 5.32 Å². The third kappa shape index (κ3) is 3.61. The average Bonchev–Trinajstić information content (AvgIpc) is 2.47. The van der Waals surface area contributed by atoms with E-state index in [1.807, 2.05) is 18.2 Å². The maximum atomic E-state index is 9.36. The molecular weight excluding hydrogens is 242 g/mol. The van der Waals surface area contributed by atoms with Crippen LogP contribution in [-0.4, -0.2) is 31.5 Å². The Morgan fingerprint density at radius 3 is 2.68 bits per heavy atom. The van der Waals surface area contributed by atoms with Gasteiger partial charge < -0.3 is 19.9 Å². The maximum absolute atomic E-state index is 9.36. The molecule has 1 atom stereocenters. The first-order chi connectivity index (χ1) is 9.17. The first-order valence-corrected chi connectivity index (χ1v) is 6.87. The van der Waals surface area contributed by atoms with E-state index in [-0.39, 0.29) is 12.0 Å². The second-order valence-electron chi connectivity index (χ2n) is 5.40. The van der Waals surface area contributed by atoms with E-state index in [1.165, 1.54) is 5.56 Å². The molecule has 0 saturated carbocycles. The van der Waals surface area contributed by atoms with E-state index in [4.69, 9.17) is 9.47 Å². The van der Waals surface area contributed by atoms with Crippen molar-refractivity contribution in [2.75, 3.05) is 26.4 Å². The van der Waals surface area contributed by atoms with Crippen LogP contribution in [0.4, 0.5) is 0 Å². The average molecular weight is 265 g/mol. The molecule has 0 aliphatic carbocycles. The molecule has 0 spiro atoms. The van der Waals surface area contributed by atoms with Gasteiger partial charge in [-0.25, -0.2) is 0 Å². The van der Waals surface area contributed by atoms with Crippen molar-refractivity contribution in [2.24, 2.45) is 5.41 Å². The first kappa shape index (κ1) is 14.2. The van der Waals surface area contributed by atoms with Crippen molar-refractivity contribution >= 4 is 0 Å². The van der Waals surface area contributed by atoms with Crippen LogP contribution in [0.3, 0.4) is 0 Å². The molecule has 2 rings (SSSR count). The van der Waals surface area contributed by atoms with Crippen molar-refractivity contribution in [3.8, 4) is 11.5 Å². The molecule has 4 heteroatoms. The van der Waals surface area contributed by atoms with Gasteiger partial charge in [0, 0.05) is 25.1 Å². The number of benzene rings is 1. The van der Waals surface area contributed by atoms with Gasteiger partial charge in [0.05, 0.1) is 0 Å². The van der Waals surface area contributed by atoms with E-state index < -0.39 is 0 Å². The predicted molar refractivity (Wildman–Crippen MR) is 74.6 cm³/mol. The molecule has 106 valence electrons. The summed E-state index contributed by atoms with van der Waals surface area (Å²) in [4.78, 5) is 0. The van der Waals surface area contributed by atoms with Gasteiger partial charge in [-0.05, 0) is 24.1 Å². The standard InChI is InChI=1S/C15H23NO3/c1-3-15(2,11-17)10-16-9-12-4-5-13-14(8-12)19-7-6-18-13/h4-5,8,16-17H,3,6-7,9-11H2,1-2H3. The van der Waals surface area contributed by atoms with Crippen molar-refractivity contribution in [2.45, 2.75) is 26.8 Å². The number of hydrogen-bond acceptors (Lipinski definition) is 4. The van der Waals surface area contributed by atoms with E-state index in [2.05, 4.69) is 19.2 Å². The van der Waals surface area contributed by atoms with E-state index >= 15 is 0 Å². The highest BCUT2D eigenvalue weighted by atomic mass is 16.6. The molecule has 0 saturated heterocycles. The Morgan fingerprint density at radius 1 is 1.26 bits per heavy atom. The predicted octanol–water partition coefficient (Wildman–Crippen LogP) is 1.96. The molecule has 1 aliphatic heterocycles. The fourth-order valence-corrected chi connectivity index (χ4v) is 2.00. The molecule has 1 aromatic rings. The molecule has 1 aliphatic rings. The lowest BCUT2D eigenvalue weighted by molar-refractivity contribution is 0.135. The van der Waals surface area contributed by atoms with Gasteiger partial charge in [-0.3, -0.25) is 0 Å². The monoisotopic (exact) mass is 265 g/mol. The van der Waals surface area contributed by atoms with E-state index in [0.29, 0.717) is 13.2 Å². The summed E-state index contributed by atoms with van der Waals surface area (Å²) in [5.74, 6) is 1.65. The summed E-state index contributed by atoms with van der Waals surface area (Å²) >= 11 is 0. The molecular formula is C15H23NO3. The Labute approximate surface area is 114 Å². The summed E-state index contributed by atoms with van der Waals surface area (Å²) in [6.07, 6.45) is 0.956. The van der Waals surface area contributed by atoms with Crippen molar-refractivity contribution < 1.29 is 14.6 Å². The van der Waals surface area contributed by atoms with Gasteiger partial charge in [0.2, 0.25) is 0 Å². The van der Waals surface area contributed by atoms with Crippen LogP contribution in [0, 0.1) is 5.41 Å². The Hall–Kier alpha value is -1.26. The molecule has 19 heavy (non-hydrogen) atoms. The minimum Gasteiger partial charge on any atom is -0.486 e. The zero-order valence-electron chi connectivity index (χ0n) is 11.7. The highest BCUT2D eigenvalue weighted by molar-refractivity contribution is 5.43. The minimum absolute atomic E-state index is 0.0478. The number of aliphatic hydroxyl groups is 1. The molecule has 1 unspecified atom stereocenters. The molecule has 0 aromatic heterocycles. The van der Waals surface area contributed by atoms with Gasteiger partial charge in [-0.1, -0.05) is 19.9 Å². The van der Waals surface area contributed by atoms with Crippen LogP contribution >= 0.6 is 0 Å². The van der Waals surface area contributed by atoms with Crippen LogP contribution in [-0.2, 0) is 6.54 Å². The summed E-state index contributed by atoms with van der Waals surface area (Å²) in [6.45, 7) is 7.20. The summed E-state index contributed by atoms with van der Waals surface area (Å²) in [5, 5.41) is 12.8. The van der Waals surface area contributed by atoms with Crippen LogP contribution < -0.4 is 14.8 Å². The molecule has 1 aromatic carbocycles. The lowest BCUT2D eigenvalue weighted by Crippen LogP contribution is -2.34. The first-order valence-electron chi connectivity index (χ1n) is 6.87. The van der Waals surface area contributed by atoms with Crippen molar-refractivity contribution in [3.05, 3.63) is 23.8 Å². The minimum atomic E-state index is -0.0478. The maximum Gasteiger partial charge on any atom is 0.161 e. The molecule has 0 amide bonds. The SMILES string of the molecule is CCC(C)(CO)CNCc1ccc2c(c1)OCCO2. The summed E-state index contributed by atoms with van der Waals surface area (Å²) in [5.41, 5.74) is 1.12. The van der Waals surface area contributed by atoms with Gasteiger partial charge in [-0.15, -0.1) is 0 Å². The molecule has 0 fully saturated rings. The molecule has 1 heterocycles. The van der Waals surface area contributed by atoms with Crippen LogP contribution in [0.5, 0.6) is 11.5 Å². The Kier molecular flexibility index (Phi) is 4.66. The lowest BCUT2D eigenvalue weighted by atomic mass is 9.88. The zero-order valence-corrected chi connectivity index (χ0v) is 11.7. The molecule has 2 N–H and O–H groups in total. The highest BCUT2D eigenvalue weighted by Crippen LogP contribution is 2.30. The van der Waals surface area contributed by atoms with E-state index in [9.17, 15) is 5.11 Å². The number of aliphatic hydroxyl groups excluding tert-OH is 1. The molecule has 0 radical (unpaired) electrons. The smallest absolute Gasteiger partial charge is 0.161 e. The third-order valence-electron chi connectivity index (χ3n) is 3.72. The van der Waals surface area contributed by atoms with E-state index in [0.717, 1.165) is 31.0 Å². The second kappa shape index (κ2) is 6.26. The summed E-state index contributed by atoms with van der Waals surface area (Å²) < 4.78 is 11.1. The van der Waals surface area contributed by atoms with E-state index in [1.54, 1.807) is 0 Å². The zero-order chi connectivity index (χ0) is 13.7. The van der Waals surface area contributed by atoms with Gasteiger partial charge in [0.25, 0.3) is 0 Å². The van der Waals surface area contributed by atoms with Crippen LogP contribution in [0.1, 0.15) is 25.8 Å². The topological polar surface area (TPSA) is 50.7 Å². The van der Waals surface area contributed by atoms with Crippen molar-refractivity contribution in [3.63, 3.8) is 0 Å². The quantitative estimate of drug-likeness (QED) is 0.825. The summed E-state index contributed by atoms with van der Waals surface area (Å²) in [6, 6.07) is 6.02. The van der Waals surface area contributed by atoms with Crippen LogP contribution in [0.15, 0.2) is 18.2 Å². The number of fused-ring (bicyclic) bond motifs is 1. The second-order valence-corrected chi connectivity index (χ2v) is 5.40. The van der Waals surface area contributed by atoms with Crippen LogP contribution in [0.25, 0.3) is 0 Å². The largest absolute Gasteiger partial charge is 0.486 e. The number of hydrogen-bond donors (Lipinski definition) is 2. The number of rotatable bonds is 6. The third-order valence-corrected chi connectivity index (χ3v) is 3.72. The molecule has 4 nitrogen and oxygen atoms in total. The van der Waals surface area contributed by atoms with Crippen LogP contribution in [0.2, 0.25) is 0 Å². The normalized spacial score (nSPS) is 17.0. The fraction of sp³-hybridized carbons (Fsp3) is 0.600. The van der Waals surface area contributed by atoms with Gasteiger partial charge in [0.1, 0.15) is 13.2 Å². The molecule has 0 bridgehead atoms. The van der Waals surface area contributed by atoms with Gasteiger partial charge >= 0.3 is 0 Å². The number of ether oxygens (including phenoxy) is 2. The van der Waals surface area contributed by atoms with Gasteiger partial charge in [-0.2, -0.15) is 0 Å². The Morgan fingerprint density at radius 2 is 2.00 bits per heavy atom. The van der Waals surface area contributed by atoms with Crippen molar-refractivity contribution in [1.29, 1.82) is 0 Å². The summed E-state index contributed by atoms with van der Waals surface area (Å²) in [7, 11) is 0. The van der Waals surface area contributed by atoms with Gasteiger partial charge in [0.15, 0.2) is 11.5 Å². The Bertz CT molecular complexity index is 416. The lowest BCUT2D eigenvalue weighted by Gasteiger charge is -2.26. The fourth-order valence-electron chi connectivity index (χ4n) is 2.00.